The lowest BCUT2D eigenvalue weighted by Crippen LogP contribution is -2.51. The Bertz CT molecular complexity index is 1390. The van der Waals surface area contributed by atoms with Crippen molar-refractivity contribution in [1.82, 2.24) is 14.4 Å². The standard InChI is InChI=1S/C28H25ClFN3O2S/c1-19-23(28(35)32-14-12-31(13-15-32)27(34)17-22-5-4-16-36-22)18-26(20-8-10-21(29)11-9-20)33(19)25-7-3-2-6-24(25)30/h2-11,16,18H,12-15,17H2,1H3. The molecule has 0 saturated carbocycles. The van der Waals surface area contributed by atoms with Gasteiger partial charge in [0.2, 0.25) is 5.91 Å². The molecule has 0 spiro atoms. The van der Waals surface area contributed by atoms with Crippen LogP contribution in [0.4, 0.5) is 4.39 Å². The number of hydrogen-bond donors (Lipinski definition) is 0. The molecule has 4 aromatic rings. The van der Waals surface area contributed by atoms with Gasteiger partial charge in [0.1, 0.15) is 5.82 Å². The van der Waals surface area contributed by atoms with Crippen LogP contribution in [0.15, 0.2) is 72.1 Å². The lowest BCUT2D eigenvalue weighted by Gasteiger charge is -2.34. The molecule has 2 aromatic heterocycles. The molecule has 0 radical (unpaired) electrons. The zero-order chi connectivity index (χ0) is 25.2. The minimum absolute atomic E-state index is 0.0801. The minimum Gasteiger partial charge on any atom is -0.339 e. The fourth-order valence-electron chi connectivity index (χ4n) is 4.60. The Morgan fingerprint density at radius 2 is 1.64 bits per heavy atom. The molecular formula is C28H25ClFN3O2S. The summed E-state index contributed by atoms with van der Waals surface area (Å²) in [7, 11) is 0. The third-order valence-electron chi connectivity index (χ3n) is 6.54. The smallest absolute Gasteiger partial charge is 0.255 e. The number of amides is 2. The summed E-state index contributed by atoms with van der Waals surface area (Å²) in [5.41, 5.74) is 3.09. The van der Waals surface area contributed by atoms with Gasteiger partial charge in [0.25, 0.3) is 5.91 Å². The molecule has 0 N–H and O–H groups in total. The van der Waals surface area contributed by atoms with Crippen LogP contribution in [0.5, 0.6) is 0 Å². The van der Waals surface area contributed by atoms with Crippen LogP contribution in [0.3, 0.4) is 0 Å². The van der Waals surface area contributed by atoms with Crippen molar-refractivity contribution in [3.8, 4) is 16.9 Å². The van der Waals surface area contributed by atoms with E-state index in [4.69, 9.17) is 11.6 Å². The number of hydrogen-bond acceptors (Lipinski definition) is 3. The highest BCUT2D eigenvalue weighted by molar-refractivity contribution is 7.10. The summed E-state index contributed by atoms with van der Waals surface area (Å²) in [6, 6.07) is 19.5. The van der Waals surface area contributed by atoms with Gasteiger partial charge in [0.15, 0.2) is 0 Å². The van der Waals surface area contributed by atoms with Crippen molar-refractivity contribution < 1.29 is 14.0 Å². The average molecular weight is 522 g/mol. The summed E-state index contributed by atoms with van der Waals surface area (Å²) in [6.45, 7) is 3.73. The third-order valence-corrected chi connectivity index (χ3v) is 7.66. The number of nitrogens with zero attached hydrogens (tertiary/aromatic N) is 3. The van der Waals surface area contributed by atoms with Gasteiger partial charge in [0.05, 0.1) is 23.4 Å². The first-order valence-electron chi connectivity index (χ1n) is 11.7. The Labute approximate surface area is 218 Å². The summed E-state index contributed by atoms with van der Waals surface area (Å²) in [4.78, 5) is 30.9. The Morgan fingerprint density at radius 3 is 2.31 bits per heavy atom. The van der Waals surface area contributed by atoms with Crippen LogP contribution in [0, 0.1) is 12.7 Å². The number of para-hydroxylation sites is 1. The van der Waals surface area contributed by atoms with E-state index in [9.17, 15) is 14.0 Å². The topological polar surface area (TPSA) is 45.6 Å². The van der Waals surface area contributed by atoms with E-state index in [0.717, 1.165) is 10.4 Å². The normalized spacial score (nSPS) is 13.8. The summed E-state index contributed by atoms with van der Waals surface area (Å²) >= 11 is 7.66. The molecule has 36 heavy (non-hydrogen) atoms. The molecule has 184 valence electrons. The Kier molecular flexibility index (Phi) is 6.94. The molecule has 0 aliphatic carbocycles. The van der Waals surface area contributed by atoms with Crippen LogP contribution in [0.2, 0.25) is 5.02 Å². The van der Waals surface area contributed by atoms with Gasteiger partial charge >= 0.3 is 0 Å². The van der Waals surface area contributed by atoms with Crippen molar-refractivity contribution >= 4 is 34.8 Å². The lowest BCUT2D eigenvalue weighted by molar-refractivity contribution is -0.131. The van der Waals surface area contributed by atoms with Gasteiger partial charge in [0, 0.05) is 41.8 Å². The van der Waals surface area contributed by atoms with Crippen LogP contribution in [0.1, 0.15) is 20.9 Å². The molecule has 1 aliphatic heterocycles. The molecule has 1 fully saturated rings. The first-order valence-corrected chi connectivity index (χ1v) is 13.0. The maximum absolute atomic E-state index is 14.9. The average Bonchev–Trinajstić information content (AvgIpc) is 3.52. The fourth-order valence-corrected chi connectivity index (χ4v) is 5.43. The number of rotatable bonds is 5. The van der Waals surface area contributed by atoms with Crippen LogP contribution in [-0.4, -0.2) is 52.4 Å². The van der Waals surface area contributed by atoms with E-state index < -0.39 is 0 Å². The van der Waals surface area contributed by atoms with Gasteiger partial charge in [-0.05, 0) is 54.3 Å². The van der Waals surface area contributed by atoms with E-state index in [1.807, 2.05) is 47.5 Å². The molecule has 1 aliphatic rings. The molecule has 2 aromatic carbocycles. The molecule has 0 bridgehead atoms. The molecule has 1 saturated heterocycles. The minimum atomic E-state index is -0.372. The van der Waals surface area contributed by atoms with Crippen molar-refractivity contribution in [1.29, 1.82) is 0 Å². The SMILES string of the molecule is Cc1c(C(=O)N2CCN(C(=O)Cc3cccs3)CC2)cc(-c2ccc(Cl)cc2)n1-c1ccccc1F. The molecular weight excluding hydrogens is 497 g/mol. The largest absolute Gasteiger partial charge is 0.339 e. The summed E-state index contributed by atoms with van der Waals surface area (Å²) < 4.78 is 16.6. The van der Waals surface area contributed by atoms with Gasteiger partial charge in [-0.3, -0.25) is 9.59 Å². The maximum atomic E-state index is 14.9. The molecule has 0 unspecified atom stereocenters. The van der Waals surface area contributed by atoms with Gasteiger partial charge in [-0.15, -0.1) is 11.3 Å². The van der Waals surface area contributed by atoms with Crippen molar-refractivity contribution in [2.24, 2.45) is 0 Å². The highest BCUT2D eigenvalue weighted by atomic mass is 35.5. The second-order valence-corrected chi connectivity index (χ2v) is 10.2. The van der Waals surface area contributed by atoms with E-state index in [-0.39, 0.29) is 17.6 Å². The van der Waals surface area contributed by atoms with E-state index in [0.29, 0.717) is 60.3 Å². The summed E-state index contributed by atoms with van der Waals surface area (Å²) in [5.74, 6) is -0.414. The number of carbonyl (C=O) groups excluding carboxylic acids is 2. The third kappa shape index (κ3) is 4.81. The molecule has 2 amide bonds. The van der Waals surface area contributed by atoms with E-state index in [2.05, 4.69) is 0 Å². The van der Waals surface area contributed by atoms with E-state index in [1.165, 1.54) is 6.07 Å². The highest BCUT2D eigenvalue weighted by Gasteiger charge is 2.28. The van der Waals surface area contributed by atoms with Crippen LogP contribution in [-0.2, 0) is 11.2 Å². The lowest BCUT2D eigenvalue weighted by atomic mass is 10.1. The Morgan fingerprint density at radius 1 is 0.944 bits per heavy atom. The van der Waals surface area contributed by atoms with Crippen molar-refractivity contribution in [3.63, 3.8) is 0 Å². The molecule has 3 heterocycles. The zero-order valence-electron chi connectivity index (χ0n) is 19.8. The quantitative estimate of drug-likeness (QED) is 0.331. The van der Waals surface area contributed by atoms with Crippen molar-refractivity contribution in [3.05, 3.63) is 99.1 Å². The molecule has 0 atom stereocenters. The first-order chi connectivity index (χ1) is 17.4. The predicted octanol–water partition coefficient (Wildman–Crippen LogP) is 5.83. The van der Waals surface area contributed by atoms with Crippen LogP contribution >= 0.6 is 22.9 Å². The number of carbonyl (C=O) groups is 2. The van der Waals surface area contributed by atoms with E-state index >= 15 is 0 Å². The van der Waals surface area contributed by atoms with Gasteiger partial charge in [-0.1, -0.05) is 41.9 Å². The predicted molar refractivity (Wildman–Crippen MR) is 141 cm³/mol. The van der Waals surface area contributed by atoms with E-state index in [1.54, 1.807) is 51.1 Å². The number of aromatic nitrogens is 1. The fraction of sp³-hybridized carbons (Fsp3) is 0.214. The van der Waals surface area contributed by atoms with Gasteiger partial charge in [-0.25, -0.2) is 4.39 Å². The van der Waals surface area contributed by atoms with Crippen LogP contribution < -0.4 is 0 Å². The summed E-state index contributed by atoms with van der Waals surface area (Å²) in [6.07, 6.45) is 0.390. The van der Waals surface area contributed by atoms with Gasteiger partial charge in [-0.2, -0.15) is 0 Å². The monoisotopic (exact) mass is 521 g/mol. The van der Waals surface area contributed by atoms with Crippen LogP contribution in [0.25, 0.3) is 16.9 Å². The van der Waals surface area contributed by atoms with Crippen molar-refractivity contribution in [2.75, 3.05) is 26.2 Å². The maximum Gasteiger partial charge on any atom is 0.255 e. The zero-order valence-corrected chi connectivity index (χ0v) is 21.4. The second kappa shape index (κ2) is 10.3. The first kappa shape index (κ1) is 24.3. The molecule has 5 rings (SSSR count). The van der Waals surface area contributed by atoms with Gasteiger partial charge < -0.3 is 14.4 Å². The molecule has 8 heteroatoms. The molecule has 5 nitrogen and oxygen atoms in total. The Balaban J connectivity index is 1.41. The number of piperazine rings is 1. The Hall–Kier alpha value is -3.42. The summed E-state index contributed by atoms with van der Waals surface area (Å²) in [5, 5.41) is 2.56. The highest BCUT2D eigenvalue weighted by Crippen LogP contribution is 2.32. The number of halogens is 2. The number of thiophene rings is 1. The van der Waals surface area contributed by atoms with Crippen molar-refractivity contribution in [2.45, 2.75) is 13.3 Å². The second-order valence-electron chi connectivity index (χ2n) is 8.75. The number of benzene rings is 2.